The van der Waals surface area contributed by atoms with Gasteiger partial charge in [0.25, 0.3) is 19.1 Å². The van der Waals surface area contributed by atoms with Crippen molar-refractivity contribution in [1.29, 1.82) is 5.26 Å². The fourth-order valence-corrected chi connectivity index (χ4v) is 5.84. The van der Waals surface area contributed by atoms with Gasteiger partial charge in [0.15, 0.2) is 11.4 Å². The number of aromatic carboxylic acids is 1. The molecule has 256 valence electrons. The molecule has 0 fully saturated rings. The molecule has 48 heavy (non-hydrogen) atoms. The Bertz CT molecular complexity index is 2020. The van der Waals surface area contributed by atoms with E-state index in [1.54, 1.807) is 24.3 Å². The zero-order valence-corrected chi connectivity index (χ0v) is 30.7. The summed E-state index contributed by atoms with van der Waals surface area (Å²) in [4.78, 5) is 18.7. The molecule has 4 rings (SSSR count). The molecule has 2 aromatic heterocycles. The molecular weight excluding hydrogens is 721 g/mol. The molecule has 11 nitrogen and oxygen atoms in total. The Morgan fingerprint density at radius 1 is 0.812 bits per heavy atom. The Morgan fingerprint density at radius 2 is 1.25 bits per heavy atom. The van der Waals surface area contributed by atoms with Crippen molar-refractivity contribution in [2.24, 2.45) is 0 Å². The van der Waals surface area contributed by atoms with E-state index in [0.717, 1.165) is 17.3 Å². The van der Waals surface area contributed by atoms with Gasteiger partial charge in [0.05, 0.1) is 31.2 Å². The van der Waals surface area contributed by atoms with Gasteiger partial charge in [0.1, 0.15) is 6.07 Å². The Balaban J connectivity index is 0.000000280. The number of aromatic nitrogens is 2. The summed E-state index contributed by atoms with van der Waals surface area (Å²) >= 11 is 11.3. The Kier molecular flexibility index (Phi) is 13.4. The molecule has 0 spiro atoms. The number of nitrogens with zero attached hydrogens (tertiary/aromatic N) is 3. The number of pyridine rings is 2. The van der Waals surface area contributed by atoms with Crippen molar-refractivity contribution in [2.45, 2.75) is 62.2 Å². The number of sulfonamides is 1. The van der Waals surface area contributed by atoms with Gasteiger partial charge in [0.2, 0.25) is 0 Å². The number of rotatable bonds is 5. The van der Waals surface area contributed by atoms with E-state index in [1.807, 2.05) is 26.8 Å². The van der Waals surface area contributed by atoms with Crippen LogP contribution in [0.1, 0.15) is 68.9 Å². The standard InChI is InChI=1S/C16H17ClN2O4S.C10H13ClO2S.C6H4ClN3/c1-16(2,3)10-4-6-12(7-5-10)24(22,23)19-13-8-11(17)9-18-14(13)15(20)21;1-10(2,3)8-4-6-9(7-5-8)14(11,12)13;7-4-1-5(9)6(2-8)10-3-4/h4-9,19H,1-3H3,(H,20,21);4-7H,1-3H3;1,3H,9H2. The van der Waals surface area contributed by atoms with Gasteiger partial charge in [-0.3, -0.25) is 4.72 Å². The molecule has 0 radical (unpaired) electrons. The molecule has 16 heteroatoms. The highest BCUT2D eigenvalue weighted by Gasteiger charge is 2.21. The number of halogens is 3. The number of benzene rings is 2. The molecule has 4 aromatic rings. The van der Waals surface area contributed by atoms with E-state index in [9.17, 15) is 21.6 Å². The maximum Gasteiger partial charge on any atom is 0.356 e. The summed E-state index contributed by atoms with van der Waals surface area (Å²) in [5, 5.41) is 18.1. The second-order valence-corrected chi connectivity index (χ2v) is 17.3. The first-order chi connectivity index (χ1) is 22.0. The lowest BCUT2D eigenvalue weighted by Gasteiger charge is -2.19. The van der Waals surface area contributed by atoms with Gasteiger partial charge in [-0.25, -0.2) is 31.6 Å². The predicted octanol–water partition coefficient (Wildman–Crippen LogP) is 7.63. The van der Waals surface area contributed by atoms with Crippen LogP contribution < -0.4 is 10.5 Å². The van der Waals surface area contributed by atoms with Crippen LogP contribution >= 0.6 is 33.9 Å². The molecule has 0 saturated heterocycles. The lowest BCUT2D eigenvalue weighted by atomic mass is 9.87. The van der Waals surface area contributed by atoms with Crippen LogP contribution in [0.4, 0.5) is 11.4 Å². The second kappa shape index (κ2) is 16.0. The van der Waals surface area contributed by atoms with E-state index in [1.165, 1.54) is 42.6 Å². The first-order valence-corrected chi connectivity index (χ1v) is 18.4. The van der Waals surface area contributed by atoms with Crippen molar-refractivity contribution in [2.75, 3.05) is 10.5 Å². The molecule has 0 aliphatic rings. The lowest BCUT2D eigenvalue weighted by molar-refractivity contribution is 0.0691. The molecule has 0 aliphatic carbocycles. The molecule has 2 heterocycles. The van der Waals surface area contributed by atoms with Crippen LogP contribution in [0.25, 0.3) is 0 Å². The number of nitrogen functional groups attached to an aromatic ring is 1. The first kappa shape index (κ1) is 40.2. The summed E-state index contributed by atoms with van der Waals surface area (Å²) in [6.45, 7) is 12.3. The Labute approximate surface area is 295 Å². The predicted molar refractivity (Wildman–Crippen MR) is 189 cm³/mol. The SMILES string of the molecule is CC(C)(C)c1ccc(S(=O)(=O)Cl)cc1.CC(C)(C)c1ccc(S(=O)(=O)Nc2cc(Cl)cnc2C(=O)O)cc1.N#Cc1ncc(Cl)cc1N. The zero-order chi connectivity index (χ0) is 36.7. The highest BCUT2D eigenvalue weighted by molar-refractivity contribution is 8.13. The van der Waals surface area contributed by atoms with E-state index in [0.29, 0.717) is 10.7 Å². The van der Waals surface area contributed by atoms with Crippen molar-refractivity contribution < 1.29 is 26.7 Å². The molecule has 2 aromatic carbocycles. The quantitative estimate of drug-likeness (QED) is 0.171. The molecular formula is C32H34Cl3N5O6S2. The number of hydrogen-bond acceptors (Lipinski definition) is 9. The molecule has 0 bridgehead atoms. The van der Waals surface area contributed by atoms with E-state index in [4.69, 9.17) is 50.0 Å². The van der Waals surface area contributed by atoms with Crippen LogP contribution in [0, 0.1) is 11.3 Å². The van der Waals surface area contributed by atoms with E-state index in [-0.39, 0.29) is 37.0 Å². The van der Waals surface area contributed by atoms with E-state index in [2.05, 4.69) is 35.5 Å². The summed E-state index contributed by atoms with van der Waals surface area (Å²) in [6.07, 6.45) is 2.53. The van der Waals surface area contributed by atoms with Gasteiger partial charge in [-0.2, -0.15) is 5.26 Å². The lowest BCUT2D eigenvalue weighted by Crippen LogP contribution is -2.17. The molecule has 0 amide bonds. The Morgan fingerprint density at radius 3 is 1.65 bits per heavy atom. The number of nitriles is 1. The number of hydrogen-bond donors (Lipinski definition) is 3. The normalized spacial score (nSPS) is 11.6. The molecule has 0 atom stereocenters. The number of nitrogens with two attached hydrogens (primary N) is 1. The van der Waals surface area contributed by atoms with Crippen molar-refractivity contribution in [3.63, 3.8) is 0 Å². The average Bonchev–Trinajstić information content (AvgIpc) is 2.96. The molecule has 0 aliphatic heterocycles. The van der Waals surface area contributed by atoms with Gasteiger partial charge in [-0.05, 0) is 58.4 Å². The highest BCUT2D eigenvalue weighted by Crippen LogP contribution is 2.27. The minimum atomic E-state index is -3.96. The largest absolute Gasteiger partial charge is 0.476 e. The highest BCUT2D eigenvalue weighted by atomic mass is 35.7. The number of carboxylic acid groups (broad SMARTS) is 1. The monoisotopic (exact) mass is 753 g/mol. The van der Waals surface area contributed by atoms with Gasteiger partial charge in [-0.15, -0.1) is 0 Å². The second-order valence-electron chi connectivity index (χ2n) is 12.2. The van der Waals surface area contributed by atoms with Crippen LogP contribution in [0.3, 0.4) is 0 Å². The van der Waals surface area contributed by atoms with Crippen molar-refractivity contribution >= 4 is 70.3 Å². The Hall–Kier alpha value is -3.93. The number of carboxylic acids is 1. The summed E-state index contributed by atoms with van der Waals surface area (Å²) in [7, 11) is -2.36. The van der Waals surface area contributed by atoms with Gasteiger partial charge in [-0.1, -0.05) is 89.0 Å². The van der Waals surface area contributed by atoms with Crippen molar-refractivity contribution in [3.05, 3.63) is 106 Å². The summed E-state index contributed by atoms with van der Waals surface area (Å²) in [6, 6.07) is 17.6. The third-order valence-corrected chi connectivity index (χ3v) is 9.49. The van der Waals surface area contributed by atoms with Gasteiger partial charge < -0.3 is 10.8 Å². The zero-order valence-electron chi connectivity index (χ0n) is 26.8. The van der Waals surface area contributed by atoms with Crippen LogP contribution in [-0.4, -0.2) is 37.9 Å². The van der Waals surface area contributed by atoms with E-state index >= 15 is 0 Å². The third kappa shape index (κ3) is 11.9. The van der Waals surface area contributed by atoms with Crippen molar-refractivity contribution in [1.82, 2.24) is 9.97 Å². The number of carbonyl (C=O) groups is 1. The van der Waals surface area contributed by atoms with Gasteiger partial charge >= 0.3 is 5.97 Å². The van der Waals surface area contributed by atoms with Crippen LogP contribution in [-0.2, 0) is 29.9 Å². The van der Waals surface area contributed by atoms with Crippen LogP contribution in [0.5, 0.6) is 0 Å². The van der Waals surface area contributed by atoms with Crippen LogP contribution in [0.2, 0.25) is 10.0 Å². The maximum absolute atomic E-state index is 12.5. The fourth-order valence-electron chi connectivity index (χ4n) is 3.69. The third-order valence-electron chi connectivity index (χ3n) is 6.32. The minimum absolute atomic E-state index is 0.0202. The summed E-state index contributed by atoms with van der Waals surface area (Å²) in [5.74, 6) is -1.35. The van der Waals surface area contributed by atoms with E-state index < -0.39 is 30.7 Å². The minimum Gasteiger partial charge on any atom is -0.476 e. The molecule has 0 saturated carbocycles. The molecule has 4 N–H and O–H groups in total. The number of nitrogens with one attached hydrogen (secondary N) is 1. The smallest absolute Gasteiger partial charge is 0.356 e. The summed E-state index contributed by atoms with van der Waals surface area (Å²) in [5.41, 5.74) is 7.27. The number of anilines is 2. The summed E-state index contributed by atoms with van der Waals surface area (Å²) < 4.78 is 49.1. The van der Waals surface area contributed by atoms with Crippen molar-refractivity contribution in [3.8, 4) is 6.07 Å². The van der Waals surface area contributed by atoms with Gasteiger partial charge in [0, 0.05) is 23.1 Å². The molecule has 0 unspecified atom stereocenters. The average molecular weight is 755 g/mol. The maximum atomic E-state index is 12.5. The fraction of sp³-hybridized carbons (Fsp3) is 0.250. The first-order valence-electron chi connectivity index (χ1n) is 13.8. The van der Waals surface area contributed by atoms with Crippen LogP contribution in [0.15, 0.2) is 82.8 Å². The topological polar surface area (TPSA) is 193 Å².